The van der Waals surface area contributed by atoms with Gasteiger partial charge in [0.25, 0.3) is 0 Å². The normalized spacial score (nSPS) is 10.7. The molecule has 2 aromatic heterocycles. The molecule has 0 aliphatic rings. The van der Waals surface area contributed by atoms with E-state index in [9.17, 15) is 0 Å². The Labute approximate surface area is 129 Å². The number of rotatable bonds is 6. The molecule has 3 nitrogen and oxygen atoms in total. The number of aryl methyl sites for hydroxylation is 1. The zero-order valence-corrected chi connectivity index (χ0v) is 12.9. The van der Waals surface area contributed by atoms with Crippen LogP contribution < -0.4 is 5.32 Å². The zero-order valence-electron chi connectivity index (χ0n) is 12.1. The van der Waals surface area contributed by atoms with E-state index in [0.29, 0.717) is 0 Å². The molecule has 0 atom stereocenters. The third-order valence-corrected chi connectivity index (χ3v) is 4.15. The monoisotopic (exact) mass is 297 g/mol. The summed E-state index contributed by atoms with van der Waals surface area (Å²) < 4.78 is 2.24. The Bertz CT molecular complexity index is 686. The molecular weight excluding hydrogens is 278 g/mol. The van der Waals surface area contributed by atoms with Crippen LogP contribution in [0.4, 0.5) is 5.69 Å². The van der Waals surface area contributed by atoms with Gasteiger partial charge in [-0.3, -0.25) is 0 Å². The minimum atomic E-state index is 0.845. The highest BCUT2D eigenvalue weighted by atomic mass is 32.1. The van der Waals surface area contributed by atoms with E-state index >= 15 is 0 Å². The van der Waals surface area contributed by atoms with Crippen molar-refractivity contribution in [2.45, 2.75) is 26.4 Å². The molecule has 3 aromatic rings. The summed E-state index contributed by atoms with van der Waals surface area (Å²) in [5, 5.41) is 6.55. The molecule has 0 saturated carbocycles. The fourth-order valence-corrected chi connectivity index (χ4v) is 2.96. The Morgan fingerprint density at radius 1 is 1.29 bits per heavy atom. The lowest BCUT2D eigenvalue weighted by Crippen LogP contribution is -1.99. The Morgan fingerprint density at radius 2 is 2.24 bits per heavy atom. The van der Waals surface area contributed by atoms with Crippen molar-refractivity contribution in [1.29, 1.82) is 0 Å². The van der Waals surface area contributed by atoms with E-state index in [1.165, 1.54) is 11.1 Å². The lowest BCUT2D eigenvalue weighted by Gasteiger charge is -2.06. The van der Waals surface area contributed by atoms with Crippen LogP contribution in [0, 0.1) is 0 Å². The van der Waals surface area contributed by atoms with Crippen LogP contribution in [0.3, 0.4) is 0 Å². The number of aromatic nitrogens is 2. The van der Waals surface area contributed by atoms with Gasteiger partial charge in [0.2, 0.25) is 0 Å². The van der Waals surface area contributed by atoms with Crippen molar-refractivity contribution in [2.75, 3.05) is 5.32 Å². The van der Waals surface area contributed by atoms with Gasteiger partial charge in [0.1, 0.15) is 5.01 Å². The molecular formula is C17H19N3S. The molecule has 2 heterocycles. The largest absolute Gasteiger partial charge is 0.381 e. The molecule has 1 N–H and O–H groups in total. The summed E-state index contributed by atoms with van der Waals surface area (Å²) in [6, 6.07) is 10.6. The first kappa shape index (κ1) is 13.9. The second kappa shape index (κ2) is 6.59. The maximum Gasteiger partial charge on any atom is 0.123 e. The van der Waals surface area contributed by atoms with E-state index in [1.807, 2.05) is 11.6 Å². The number of hydrogen-bond donors (Lipinski definition) is 1. The van der Waals surface area contributed by atoms with Crippen molar-refractivity contribution in [3.8, 4) is 10.6 Å². The van der Waals surface area contributed by atoms with Gasteiger partial charge in [-0.1, -0.05) is 19.1 Å². The molecule has 0 bridgehead atoms. The van der Waals surface area contributed by atoms with Crippen molar-refractivity contribution >= 4 is 17.0 Å². The average molecular weight is 297 g/mol. The van der Waals surface area contributed by atoms with Gasteiger partial charge in [-0.25, -0.2) is 4.98 Å². The lowest BCUT2D eigenvalue weighted by molar-refractivity contribution is 0.682. The molecule has 21 heavy (non-hydrogen) atoms. The minimum Gasteiger partial charge on any atom is -0.381 e. The topological polar surface area (TPSA) is 29.9 Å². The van der Waals surface area contributed by atoms with E-state index in [1.54, 1.807) is 11.3 Å². The predicted molar refractivity (Wildman–Crippen MR) is 89.6 cm³/mol. The van der Waals surface area contributed by atoms with Gasteiger partial charge in [-0.2, -0.15) is 0 Å². The van der Waals surface area contributed by atoms with Gasteiger partial charge in [-0.15, -0.1) is 11.3 Å². The van der Waals surface area contributed by atoms with E-state index in [-0.39, 0.29) is 0 Å². The second-order valence-corrected chi connectivity index (χ2v) is 5.92. The van der Waals surface area contributed by atoms with Gasteiger partial charge in [0.15, 0.2) is 0 Å². The number of benzene rings is 1. The van der Waals surface area contributed by atoms with E-state index in [4.69, 9.17) is 0 Å². The van der Waals surface area contributed by atoms with Crippen LogP contribution in [0.1, 0.15) is 18.9 Å². The average Bonchev–Trinajstić information content (AvgIpc) is 3.18. The molecule has 3 rings (SSSR count). The predicted octanol–water partition coefficient (Wildman–Crippen LogP) is 4.63. The maximum absolute atomic E-state index is 4.36. The highest BCUT2D eigenvalue weighted by molar-refractivity contribution is 7.13. The summed E-state index contributed by atoms with van der Waals surface area (Å²) in [4.78, 5) is 4.36. The van der Waals surface area contributed by atoms with E-state index in [0.717, 1.165) is 30.2 Å². The van der Waals surface area contributed by atoms with Crippen LogP contribution in [-0.4, -0.2) is 9.55 Å². The molecule has 0 fully saturated rings. The number of nitrogens with one attached hydrogen (secondary N) is 1. The molecule has 0 spiro atoms. The minimum absolute atomic E-state index is 0.845. The zero-order chi connectivity index (χ0) is 14.5. The first-order chi connectivity index (χ1) is 10.3. The summed E-state index contributed by atoms with van der Waals surface area (Å²) in [6.45, 7) is 4.12. The Balaban J connectivity index is 1.66. The van der Waals surface area contributed by atoms with Crippen LogP contribution in [0.5, 0.6) is 0 Å². The highest BCUT2D eigenvalue weighted by Crippen LogP contribution is 2.24. The van der Waals surface area contributed by atoms with Gasteiger partial charge >= 0.3 is 0 Å². The number of anilines is 1. The highest BCUT2D eigenvalue weighted by Gasteiger charge is 2.02. The van der Waals surface area contributed by atoms with Crippen LogP contribution in [-0.2, 0) is 13.1 Å². The molecule has 0 radical (unpaired) electrons. The third kappa shape index (κ3) is 3.52. The Morgan fingerprint density at radius 3 is 3.05 bits per heavy atom. The molecule has 1 aromatic carbocycles. The fourth-order valence-electron chi connectivity index (χ4n) is 2.32. The first-order valence-corrected chi connectivity index (χ1v) is 8.11. The van der Waals surface area contributed by atoms with Crippen molar-refractivity contribution < 1.29 is 0 Å². The Kier molecular flexibility index (Phi) is 4.36. The molecule has 4 heteroatoms. The quantitative estimate of drug-likeness (QED) is 0.718. The molecule has 0 aliphatic heterocycles. The summed E-state index contributed by atoms with van der Waals surface area (Å²) in [6.07, 6.45) is 7.36. The molecule has 0 saturated heterocycles. The molecule has 0 amide bonds. The van der Waals surface area contributed by atoms with Crippen molar-refractivity contribution in [1.82, 2.24) is 9.55 Å². The van der Waals surface area contributed by atoms with Crippen molar-refractivity contribution in [3.05, 3.63) is 59.9 Å². The summed E-state index contributed by atoms with van der Waals surface area (Å²) >= 11 is 1.67. The summed E-state index contributed by atoms with van der Waals surface area (Å²) in [7, 11) is 0. The van der Waals surface area contributed by atoms with Gasteiger partial charge in [0.05, 0.1) is 0 Å². The number of nitrogens with zero attached hydrogens (tertiary/aromatic N) is 2. The van der Waals surface area contributed by atoms with Gasteiger partial charge in [-0.05, 0) is 30.2 Å². The van der Waals surface area contributed by atoms with Crippen LogP contribution in [0.15, 0.2) is 54.3 Å². The van der Waals surface area contributed by atoms with E-state index in [2.05, 4.69) is 64.5 Å². The lowest BCUT2D eigenvalue weighted by atomic mass is 10.2. The maximum atomic E-state index is 4.36. The summed E-state index contributed by atoms with van der Waals surface area (Å²) in [5.74, 6) is 0. The Hall–Kier alpha value is -2.07. The van der Waals surface area contributed by atoms with Crippen LogP contribution in [0.2, 0.25) is 0 Å². The number of thiazole rings is 1. The van der Waals surface area contributed by atoms with Crippen molar-refractivity contribution in [3.63, 3.8) is 0 Å². The second-order valence-electron chi connectivity index (χ2n) is 5.03. The van der Waals surface area contributed by atoms with Crippen LogP contribution in [0.25, 0.3) is 10.6 Å². The SMILES string of the molecule is CCCn1ccc(CNc2cccc(-c3nccs3)c2)c1. The first-order valence-electron chi connectivity index (χ1n) is 7.23. The third-order valence-electron chi connectivity index (χ3n) is 3.33. The fraction of sp³-hybridized carbons (Fsp3) is 0.235. The van der Waals surface area contributed by atoms with E-state index < -0.39 is 0 Å². The van der Waals surface area contributed by atoms with Crippen LogP contribution >= 0.6 is 11.3 Å². The standard InChI is InChI=1S/C17H19N3S/c1-2-8-20-9-6-14(13-20)12-19-16-5-3-4-15(11-16)17-18-7-10-21-17/h3-7,9-11,13,19H,2,8,12H2,1H3. The van der Waals surface area contributed by atoms with Gasteiger partial charge < -0.3 is 9.88 Å². The smallest absolute Gasteiger partial charge is 0.123 e. The van der Waals surface area contributed by atoms with Crippen molar-refractivity contribution in [2.24, 2.45) is 0 Å². The summed E-state index contributed by atoms with van der Waals surface area (Å²) in [5.41, 5.74) is 3.60. The molecule has 0 aliphatic carbocycles. The molecule has 0 unspecified atom stereocenters. The molecule has 108 valence electrons. The van der Waals surface area contributed by atoms with Gasteiger partial charge in [0, 0.05) is 48.3 Å². The number of hydrogen-bond acceptors (Lipinski definition) is 3.